The van der Waals surface area contributed by atoms with E-state index in [4.69, 9.17) is 9.84 Å². The molecule has 0 fully saturated rings. The smallest absolute Gasteiger partial charge is 0.417 e. The average Bonchev–Trinajstić information content (AvgIpc) is 3.34. The zero-order chi connectivity index (χ0) is 24.0. The molecule has 0 saturated heterocycles. The van der Waals surface area contributed by atoms with Gasteiger partial charge in [0.2, 0.25) is 5.88 Å². The van der Waals surface area contributed by atoms with Gasteiger partial charge in [-0.25, -0.2) is 14.3 Å². The van der Waals surface area contributed by atoms with E-state index >= 15 is 0 Å². The average molecular weight is 465 g/mol. The van der Waals surface area contributed by atoms with Crippen molar-refractivity contribution in [1.29, 1.82) is 0 Å². The Balaban J connectivity index is 1.67. The van der Waals surface area contributed by atoms with Crippen LogP contribution in [0.5, 0.6) is 5.88 Å². The van der Waals surface area contributed by atoms with Gasteiger partial charge in [-0.3, -0.25) is 4.79 Å². The SMILES string of the molecule is CCCc1nn(-c2ccc(C(F)(F)F)cn2)cc1CCCOc1c(CC)cnn1CC(=O)O. The summed E-state index contributed by atoms with van der Waals surface area (Å²) >= 11 is 0. The third-order valence-corrected chi connectivity index (χ3v) is 5.03. The third-order valence-electron chi connectivity index (χ3n) is 5.03. The molecule has 3 rings (SSSR count). The van der Waals surface area contributed by atoms with Gasteiger partial charge in [0.15, 0.2) is 5.82 Å². The van der Waals surface area contributed by atoms with Gasteiger partial charge in [0.05, 0.1) is 24.1 Å². The van der Waals surface area contributed by atoms with Crippen LogP contribution in [0.25, 0.3) is 5.82 Å². The Kier molecular flexibility index (Phi) is 7.72. The molecule has 178 valence electrons. The second kappa shape index (κ2) is 10.5. The molecule has 8 nitrogen and oxygen atoms in total. The molecule has 0 aliphatic heterocycles. The zero-order valence-corrected chi connectivity index (χ0v) is 18.5. The second-order valence-electron chi connectivity index (χ2n) is 7.53. The number of halogens is 3. The van der Waals surface area contributed by atoms with Gasteiger partial charge in [-0.05, 0) is 43.4 Å². The third kappa shape index (κ3) is 6.11. The minimum absolute atomic E-state index is 0.275. The lowest BCUT2D eigenvalue weighted by Gasteiger charge is -2.10. The van der Waals surface area contributed by atoms with Crippen molar-refractivity contribution in [2.75, 3.05) is 6.61 Å². The number of aromatic nitrogens is 5. The van der Waals surface area contributed by atoms with E-state index in [-0.39, 0.29) is 6.54 Å². The van der Waals surface area contributed by atoms with Crippen LogP contribution in [0, 0.1) is 0 Å². The van der Waals surface area contributed by atoms with Crippen LogP contribution >= 0.6 is 0 Å². The number of aryl methyl sites for hydroxylation is 3. The fourth-order valence-electron chi connectivity index (χ4n) is 3.40. The predicted molar refractivity (Wildman–Crippen MR) is 113 cm³/mol. The minimum atomic E-state index is -4.44. The predicted octanol–water partition coefficient (Wildman–Crippen LogP) is 4.09. The Morgan fingerprint density at radius 3 is 2.55 bits per heavy atom. The van der Waals surface area contributed by atoms with Crippen LogP contribution in [-0.4, -0.2) is 42.2 Å². The molecular formula is C22H26F3N5O3. The van der Waals surface area contributed by atoms with Gasteiger partial charge >= 0.3 is 12.1 Å². The summed E-state index contributed by atoms with van der Waals surface area (Å²) in [6.07, 6.45) is 3.31. The van der Waals surface area contributed by atoms with Crippen molar-refractivity contribution < 1.29 is 27.8 Å². The fourth-order valence-corrected chi connectivity index (χ4v) is 3.40. The molecule has 3 heterocycles. The first-order valence-electron chi connectivity index (χ1n) is 10.7. The van der Waals surface area contributed by atoms with Crippen molar-refractivity contribution >= 4 is 5.97 Å². The number of hydrogen-bond acceptors (Lipinski definition) is 5. The van der Waals surface area contributed by atoms with Crippen LogP contribution in [0.3, 0.4) is 0 Å². The van der Waals surface area contributed by atoms with Crippen LogP contribution in [-0.2, 0) is 36.8 Å². The van der Waals surface area contributed by atoms with Gasteiger partial charge < -0.3 is 9.84 Å². The second-order valence-corrected chi connectivity index (χ2v) is 7.53. The zero-order valence-electron chi connectivity index (χ0n) is 18.5. The number of carboxylic acid groups (broad SMARTS) is 1. The van der Waals surface area contributed by atoms with Gasteiger partial charge in [-0.2, -0.15) is 23.4 Å². The number of alkyl halides is 3. The van der Waals surface area contributed by atoms with Crippen LogP contribution in [0.1, 0.15) is 49.1 Å². The molecule has 1 N–H and O–H groups in total. The van der Waals surface area contributed by atoms with Gasteiger partial charge in [-0.15, -0.1) is 0 Å². The van der Waals surface area contributed by atoms with Gasteiger partial charge in [0.25, 0.3) is 0 Å². The maximum Gasteiger partial charge on any atom is 0.417 e. The molecule has 0 radical (unpaired) electrons. The van der Waals surface area contributed by atoms with Crippen LogP contribution < -0.4 is 4.74 Å². The van der Waals surface area contributed by atoms with Crippen molar-refractivity contribution in [1.82, 2.24) is 24.5 Å². The largest absolute Gasteiger partial charge is 0.480 e. The highest BCUT2D eigenvalue weighted by Crippen LogP contribution is 2.29. The summed E-state index contributed by atoms with van der Waals surface area (Å²) in [4.78, 5) is 14.9. The molecule has 0 amide bonds. The number of nitrogens with zero attached hydrogens (tertiary/aromatic N) is 5. The molecule has 11 heteroatoms. The molecule has 3 aromatic rings. The van der Waals surface area contributed by atoms with Gasteiger partial charge in [0, 0.05) is 18.0 Å². The van der Waals surface area contributed by atoms with Gasteiger partial charge in [-0.1, -0.05) is 20.3 Å². The maximum absolute atomic E-state index is 12.8. The number of rotatable bonds is 11. The molecule has 0 spiro atoms. The summed E-state index contributed by atoms with van der Waals surface area (Å²) in [5.74, 6) is -0.231. The lowest BCUT2D eigenvalue weighted by molar-refractivity contribution is -0.138. The molecule has 0 aromatic carbocycles. The first kappa shape index (κ1) is 24.3. The van der Waals surface area contributed by atoms with Crippen molar-refractivity contribution in [2.45, 2.75) is 58.7 Å². The monoisotopic (exact) mass is 465 g/mol. The number of ether oxygens (including phenoxy) is 1. The lowest BCUT2D eigenvalue weighted by Crippen LogP contribution is -2.13. The van der Waals surface area contributed by atoms with Crippen molar-refractivity contribution in [2.24, 2.45) is 0 Å². The van der Waals surface area contributed by atoms with Crippen LogP contribution in [0.4, 0.5) is 13.2 Å². The quantitative estimate of drug-likeness (QED) is 0.429. The van der Waals surface area contributed by atoms with Crippen molar-refractivity contribution in [3.63, 3.8) is 0 Å². The van der Waals surface area contributed by atoms with Crippen LogP contribution in [0.2, 0.25) is 0 Å². The number of carbonyl (C=O) groups is 1. The summed E-state index contributed by atoms with van der Waals surface area (Å²) in [6, 6.07) is 2.29. The molecule has 0 saturated carbocycles. The number of carboxylic acids is 1. The molecule has 0 atom stereocenters. The van der Waals surface area contributed by atoms with E-state index in [1.807, 2.05) is 13.8 Å². The molecule has 0 bridgehead atoms. The highest BCUT2D eigenvalue weighted by atomic mass is 19.4. The fraction of sp³-hybridized carbons (Fsp3) is 0.455. The number of aliphatic carboxylic acids is 1. The van der Waals surface area contributed by atoms with E-state index in [1.54, 1.807) is 12.4 Å². The summed E-state index contributed by atoms with van der Waals surface area (Å²) in [5.41, 5.74) is 1.86. The molecule has 0 aliphatic carbocycles. The summed E-state index contributed by atoms with van der Waals surface area (Å²) < 4.78 is 47.1. The molecule has 3 aromatic heterocycles. The number of hydrogen-bond donors (Lipinski definition) is 1. The summed E-state index contributed by atoms with van der Waals surface area (Å²) in [6.45, 7) is 4.05. The highest BCUT2D eigenvalue weighted by molar-refractivity contribution is 5.66. The molecule has 0 aliphatic rings. The molecular weight excluding hydrogens is 439 g/mol. The van der Waals surface area contributed by atoms with Crippen LogP contribution in [0.15, 0.2) is 30.7 Å². The minimum Gasteiger partial charge on any atom is -0.480 e. The van der Waals surface area contributed by atoms with E-state index in [1.165, 1.54) is 15.4 Å². The van der Waals surface area contributed by atoms with E-state index in [9.17, 15) is 18.0 Å². The highest BCUT2D eigenvalue weighted by Gasteiger charge is 2.30. The van der Waals surface area contributed by atoms with E-state index in [0.717, 1.165) is 41.9 Å². The summed E-state index contributed by atoms with van der Waals surface area (Å²) in [7, 11) is 0. The van der Waals surface area contributed by atoms with E-state index in [0.29, 0.717) is 37.6 Å². The Morgan fingerprint density at radius 1 is 1.15 bits per heavy atom. The van der Waals surface area contributed by atoms with Gasteiger partial charge in [0.1, 0.15) is 6.54 Å². The first-order valence-corrected chi connectivity index (χ1v) is 10.7. The Labute approximate surface area is 189 Å². The lowest BCUT2D eigenvalue weighted by atomic mass is 10.1. The normalized spacial score (nSPS) is 11.7. The maximum atomic E-state index is 12.8. The standard InChI is InChI=1S/C22H26F3N5O3/c1-3-6-18-16(13-29(28-18)19-9-8-17(12-26-19)22(23,24)25)7-5-10-33-21-15(4-2)11-27-30(21)14-20(31)32/h8-9,11-13H,3-7,10,14H2,1-2H3,(H,31,32). The number of pyridine rings is 1. The van der Waals surface area contributed by atoms with E-state index in [2.05, 4.69) is 15.2 Å². The van der Waals surface area contributed by atoms with Crippen molar-refractivity contribution in [3.8, 4) is 11.7 Å². The molecule has 0 unspecified atom stereocenters. The topological polar surface area (TPSA) is 95.1 Å². The van der Waals surface area contributed by atoms with E-state index < -0.39 is 17.7 Å². The summed E-state index contributed by atoms with van der Waals surface area (Å²) in [5, 5.41) is 17.6. The Morgan fingerprint density at radius 2 is 1.94 bits per heavy atom. The Hall–Kier alpha value is -3.37. The molecule has 33 heavy (non-hydrogen) atoms. The van der Waals surface area contributed by atoms with Crippen molar-refractivity contribution in [3.05, 3.63) is 53.1 Å². The Bertz CT molecular complexity index is 1070. The first-order chi connectivity index (χ1) is 15.7.